The van der Waals surface area contributed by atoms with Gasteiger partial charge in [-0.15, -0.1) is 0 Å². The number of esters is 1. The van der Waals surface area contributed by atoms with Crippen LogP contribution in [-0.4, -0.2) is 71.5 Å². The van der Waals surface area contributed by atoms with Gasteiger partial charge in [0.2, 0.25) is 0 Å². The van der Waals surface area contributed by atoms with E-state index >= 15 is 0 Å². The van der Waals surface area contributed by atoms with E-state index in [1.807, 2.05) is 0 Å². The topological polar surface area (TPSA) is 126 Å². The Morgan fingerprint density at radius 2 is 1.82 bits per heavy atom. The molecular formula is C31H36Cl2FN3O7. The van der Waals surface area contributed by atoms with Crippen LogP contribution in [0, 0.1) is 5.82 Å². The number of benzene rings is 2. The summed E-state index contributed by atoms with van der Waals surface area (Å²) in [7, 11) is 0. The standard InChI is InChI=1S/C31H36Cl2FN3O7/c1-29(2,3)44-27(40)16-37-15-24(43-23-7-4-18(32)12-22(23)37)28(41)36-30-8-10-31(11-9-30,25(38)14-30)35-26(39)17-42-19-5-6-20(33)21(34)13-19/h4-7,12-13,24-25,38H,8-11,14-17H2,1-3H3,(H,35,39)(H,36,41)/t24-,25+,30?,31?/m0/s1. The number of carbonyl (C=O) groups is 3. The van der Waals surface area contributed by atoms with E-state index in [0.29, 0.717) is 42.1 Å². The SMILES string of the molecule is CC(C)(C)OC(=O)CN1C[C@@H](C(=O)NC23CCC(NC(=O)COc4ccc(Cl)c(F)c4)(CC2)[C@H](O)C3)Oc2ccc(Cl)cc21. The van der Waals surface area contributed by atoms with E-state index in [9.17, 15) is 23.9 Å². The average molecular weight is 653 g/mol. The number of carbonyl (C=O) groups excluding carboxylic acids is 3. The maximum atomic E-state index is 13.7. The Kier molecular flexibility index (Phi) is 8.94. The van der Waals surface area contributed by atoms with E-state index in [4.69, 9.17) is 37.4 Å². The molecule has 3 aliphatic carbocycles. The first-order valence-electron chi connectivity index (χ1n) is 14.5. The summed E-state index contributed by atoms with van der Waals surface area (Å²) in [5.41, 5.74) is -1.62. The van der Waals surface area contributed by atoms with E-state index in [2.05, 4.69) is 10.6 Å². The van der Waals surface area contributed by atoms with Crippen LogP contribution in [0.1, 0.15) is 52.9 Å². The molecule has 2 aromatic rings. The van der Waals surface area contributed by atoms with Gasteiger partial charge in [-0.25, -0.2) is 4.39 Å². The third kappa shape index (κ3) is 7.16. The largest absolute Gasteiger partial charge is 0.484 e. The van der Waals surface area contributed by atoms with Crippen LogP contribution in [-0.2, 0) is 19.1 Å². The van der Waals surface area contributed by atoms with Gasteiger partial charge in [0.25, 0.3) is 11.8 Å². The third-order valence-electron chi connectivity index (χ3n) is 8.31. The Morgan fingerprint density at radius 1 is 1.09 bits per heavy atom. The number of amides is 2. The van der Waals surface area contributed by atoms with Gasteiger partial charge in [-0.2, -0.15) is 0 Å². The van der Waals surface area contributed by atoms with Crippen LogP contribution in [0.5, 0.6) is 11.5 Å². The molecule has 0 saturated heterocycles. The first-order chi connectivity index (χ1) is 20.7. The summed E-state index contributed by atoms with van der Waals surface area (Å²) in [6, 6.07) is 8.89. The lowest BCUT2D eigenvalue weighted by molar-refractivity contribution is -0.153. The highest BCUT2D eigenvalue weighted by molar-refractivity contribution is 6.31. The lowest BCUT2D eigenvalue weighted by Gasteiger charge is -2.56. The molecule has 0 aromatic heterocycles. The first kappa shape index (κ1) is 32.1. The number of anilines is 1. The fourth-order valence-electron chi connectivity index (χ4n) is 6.18. The zero-order chi connectivity index (χ0) is 31.9. The Bertz CT molecular complexity index is 1440. The Labute approximate surface area is 265 Å². The lowest BCUT2D eigenvalue weighted by Crippen LogP contribution is -2.71. The zero-order valence-electron chi connectivity index (χ0n) is 24.8. The molecule has 1 heterocycles. The summed E-state index contributed by atoms with van der Waals surface area (Å²) < 4.78 is 30.6. The predicted molar refractivity (Wildman–Crippen MR) is 162 cm³/mol. The number of nitrogens with zero attached hydrogens (tertiary/aromatic N) is 1. The quantitative estimate of drug-likeness (QED) is 0.363. The summed E-state index contributed by atoms with van der Waals surface area (Å²) in [6.07, 6.45) is 0.324. The van der Waals surface area contributed by atoms with Crippen molar-refractivity contribution in [3.8, 4) is 11.5 Å². The van der Waals surface area contributed by atoms with Gasteiger partial charge in [0, 0.05) is 16.6 Å². The van der Waals surface area contributed by atoms with Crippen LogP contribution in [0.4, 0.5) is 10.1 Å². The number of aliphatic hydroxyl groups is 1. The molecule has 2 atom stereocenters. The minimum atomic E-state index is -0.930. The first-order valence-corrected chi connectivity index (χ1v) is 15.2. The molecule has 13 heteroatoms. The second-order valence-corrected chi connectivity index (χ2v) is 13.6. The Balaban J connectivity index is 1.20. The van der Waals surface area contributed by atoms with Gasteiger partial charge in [-0.05, 0) is 83.2 Å². The van der Waals surface area contributed by atoms with Crippen molar-refractivity contribution in [1.29, 1.82) is 0 Å². The minimum Gasteiger partial charge on any atom is -0.484 e. The van der Waals surface area contributed by atoms with Crippen LogP contribution < -0.4 is 25.0 Å². The third-order valence-corrected chi connectivity index (χ3v) is 8.85. The molecule has 238 valence electrons. The smallest absolute Gasteiger partial charge is 0.326 e. The number of hydrogen-bond acceptors (Lipinski definition) is 8. The van der Waals surface area contributed by atoms with Gasteiger partial charge >= 0.3 is 5.97 Å². The van der Waals surface area contributed by atoms with Gasteiger partial charge in [-0.3, -0.25) is 14.4 Å². The van der Waals surface area contributed by atoms with E-state index in [1.165, 1.54) is 12.1 Å². The molecular weight excluding hydrogens is 616 g/mol. The van der Waals surface area contributed by atoms with Crippen LogP contribution in [0.25, 0.3) is 0 Å². The summed E-state index contributed by atoms with van der Waals surface area (Å²) >= 11 is 11.9. The van der Waals surface area contributed by atoms with E-state index in [0.717, 1.165) is 6.07 Å². The van der Waals surface area contributed by atoms with Crippen molar-refractivity contribution < 1.29 is 38.1 Å². The van der Waals surface area contributed by atoms with Crippen molar-refractivity contribution in [3.63, 3.8) is 0 Å². The highest BCUT2D eigenvalue weighted by atomic mass is 35.5. The Morgan fingerprint density at radius 3 is 2.48 bits per heavy atom. The second-order valence-electron chi connectivity index (χ2n) is 12.7. The van der Waals surface area contributed by atoms with Crippen molar-refractivity contribution >= 4 is 46.7 Å². The number of ether oxygens (including phenoxy) is 3. The minimum absolute atomic E-state index is 0.0493. The van der Waals surface area contributed by atoms with Gasteiger partial charge in [0.05, 0.1) is 28.9 Å². The summed E-state index contributed by atoms with van der Waals surface area (Å²) in [5.74, 6) is -1.34. The fraction of sp³-hybridized carbons (Fsp3) is 0.516. The summed E-state index contributed by atoms with van der Waals surface area (Å²) in [4.78, 5) is 40.7. The highest BCUT2D eigenvalue weighted by Crippen LogP contribution is 2.47. The molecule has 0 unspecified atom stereocenters. The van der Waals surface area contributed by atoms with Gasteiger partial charge in [0.15, 0.2) is 12.7 Å². The molecule has 2 amide bonds. The average Bonchev–Trinajstić information content (AvgIpc) is 2.93. The monoisotopic (exact) mass is 651 g/mol. The number of rotatable bonds is 8. The van der Waals surface area contributed by atoms with Gasteiger partial charge < -0.3 is 34.9 Å². The van der Waals surface area contributed by atoms with E-state index in [1.54, 1.807) is 43.9 Å². The number of aliphatic hydroxyl groups excluding tert-OH is 1. The maximum Gasteiger partial charge on any atom is 0.326 e. The molecule has 44 heavy (non-hydrogen) atoms. The number of fused-ring (bicyclic) bond motifs is 4. The molecule has 3 N–H and O–H groups in total. The van der Waals surface area contributed by atoms with Crippen molar-refractivity contribution in [3.05, 3.63) is 52.3 Å². The summed E-state index contributed by atoms with van der Waals surface area (Å²) in [5, 5.41) is 17.6. The normalized spacial score (nSPS) is 25.8. The maximum absolute atomic E-state index is 13.7. The van der Waals surface area contributed by atoms with Gasteiger partial charge in [-0.1, -0.05) is 23.2 Å². The predicted octanol–water partition coefficient (Wildman–Crippen LogP) is 4.17. The van der Waals surface area contributed by atoms with Crippen molar-refractivity contribution in [2.45, 2.75) is 81.8 Å². The van der Waals surface area contributed by atoms with Crippen LogP contribution in [0.15, 0.2) is 36.4 Å². The van der Waals surface area contributed by atoms with Crippen molar-refractivity contribution in [2.75, 3.05) is 24.6 Å². The molecule has 10 nitrogen and oxygen atoms in total. The molecule has 0 radical (unpaired) electrons. The fourth-order valence-corrected chi connectivity index (χ4v) is 6.46. The molecule has 3 fully saturated rings. The molecule has 2 bridgehead atoms. The Hall–Kier alpha value is -3.28. The molecule has 1 aliphatic heterocycles. The van der Waals surface area contributed by atoms with Crippen LogP contribution >= 0.6 is 23.2 Å². The molecule has 2 aromatic carbocycles. The lowest BCUT2D eigenvalue weighted by atomic mass is 9.60. The molecule has 4 aliphatic rings. The van der Waals surface area contributed by atoms with Crippen molar-refractivity contribution in [2.24, 2.45) is 0 Å². The van der Waals surface area contributed by atoms with E-state index < -0.39 is 46.6 Å². The van der Waals surface area contributed by atoms with E-state index in [-0.39, 0.29) is 42.8 Å². The zero-order valence-corrected chi connectivity index (χ0v) is 26.3. The summed E-state index contributed by atoms with van der Waals surface area (Å²) in [6.45, 7) is 4.98. The number of hydrogen-bond donors (Lipinski definition) is 3. The van der Waals surface area contributed by atoms with Gasteiger partial charge in [0.1, 0.15) is 29.5 Å². The molecule has 3 saturated carbocycles. The van der Waals surface area contributed by atoms with Crippen LogP contribution in [0.3, 0.4) is 0 Å². The number of nitrogens with one attached hydrogen (secondary N) is 2. The molecule has 6 rings (SSSR count). The second kappa shape index (κ2) is 12.3. The number of halogens is 3. The van der Waals surface area contributed by atoms with Crippen molar-refractivity contribution in [1.82, 2.24) is 10.6 Å². The molecule has 0 spiro atoms. The highest BCUT2D eigenvalue weighted by Gasteiger charge is 2.55. The van der Waals surface area contributed by atoms with Crippen LogP contribution in [0.2, 0.25) is 10.0 Å².